The van der Waals surface area contributed by atoms with Crippen molar-refractivity contribution in [3.63, 3.8) is 0 Å². The minimum absolute atomic E-state index is 0.223. The van der Waals surface area contributed by atoms with E-state index in [1.165, 1.54) is 24.3 Å². The Morgan fingerprint density at radius 1 is 0.871 bits per heavy atom. The van der Waals surface area contributed by atoms with Crippen LogP contribution in [0.5, 0.6) is 0 Å². The van der Waals surface area contributed by atoms with Gasteiger partial charge in [-0.25, -0.2) is 13.2 Å². The number of hydrogen-bond donors (Lipinski definition) is 3. The summed E-state index contributed by atoms with van der Waals surface area (Å²) in [6.45, 7) is 3.40. The fourth-order valence-electron chi connectivity index (χ4n) is 3.00. The second-order valence-electron chi connectivity index (χ2n) is 6.86. The van der Waals surface area contributed by atoms with E-state index >= 15 is 0 Å². The van der Waals surface area contributed by atoms with Crippen LogP contribution in [0.4, 0.5) is 30.9 Å². The van der Waals surface area contributed by atoms with Gasteiger partial charge < -0.3 is 10.6 Å². The fourth-order valence-corrected chi connectivity index (χ4v) is 3.00. The molecule has 2 aromatic carbocycles. The van der Waals surface area contributed by atoms with E-state index in [0.29, 0.717) is 17.3 Å². The Kier molecular flexibility index (Phi) is 5.52. The topological polar surface area (TPSA) is 91.4 Å². The lowest BCUT2D eigenvalue weighted by Crippen LogP contribution is -2.13. The highest BCUT2D eigenvalue weighted by Crippen LogP contribution is 2.23. The summed E-state index contributed by atoms with van der Waals surface area (Å²) in [4.78, 5) is 12.7. The van der Waals surface area contributed by atoms with E-state index in [4.69, 9.17) is 0 Å². The molecular formula is C21H18F3N7. The predicted molar refractivity (Wildman–Crippen MR) is 110 cm³/mol. The largest absolute Gasteiger partial charge is 0.347 e. The van der Waals surface area contributed by atoms with Crippen LogP contribution in [0.15, 0.2) is 48.5 Å². The highest BCUT2D eigenvalue weighted by atomic mass is 19.1. The molecule has 0 spiro atoms. The lowest BCUT2D eigenvalue weighted by Gasteiger charge is -2.15. The first-order valence-corrected chi connectivity index (χ1v) is 9.40. The summed E-state index contributed by atoms with van der Waals surface area (Å²) >= 11 is 0. The number of rotatable bonds is 6. The normalized spacial score (nSPS) is 11.9. The van der Waals surface area contributed by atoms with Gasteiger partial charge in [-0.15, -0.1) is 0 Å². The lowest BCUT2D eigenvalue weighted by molar-refractivity contribution is 0.566. The maximum Gasteiger partial charge on any atom is 0.233 e. The molecule has 4 aromatic rings. The number of hydrogen-bond acceptors (Lipinski definition) is 6. The Labute approximate surface area is 175 Å². The van der Waals surface area contributed by atoms with E-state index in [9.17, 15) is 13.2 Å². The van der Waals surface area contributed by atoms with Crippen molar-refractivity contribution in [1.82, 2.24) is 25.1 Å². The number of aromatic nitrogens is 5. The van der Waals surface area contributed by atoms with Crippen LogP contribution in [0.1, 0.15) is 24.4 Å². The molecule has 0 aliphatic rings. The van der Waals surface area contributed by atoms with E-state index in [2.05, 4.69) is 35.8 Å². The summed E-state index contributed by atoms with van der Waals surface area (Å²) in [6, 6.07) is 10.6. The minimum Gasteiger partial charge on any atom is -0.347 e. The molecule has 1 unspecified atom stereocenters. The predicted octanol–water partition coefficient (Wildman–Crippen LogP) is 4.90. The van der Waals surface area contributed by atoms with Crippen LogP contribution in [0.25, 0.3) is 11.3 Å². The number of nitrogens with one attached hydrogen (secondary N) is 3. The van der Waals surface area contributed by atoms with Gasteiger partial charge >= 0.3 is 0 Å². The van der Waals surface area contributed by atoms with Gasteiger partial charge in [0.15, 0.2) is 5.82 Å². The molecule has 7 nitrogen and oxygen atoms in total. The van der Waals surface area contributed by atoms with Crippen molar-refractivity contribution in [1.29, 1.82) is 0 Å². The van der Waals surface area contributed by atoms with Crippen molar-refractivity contribution >= 4 is 17.7 Å². The van der Waals surface area contributed by atoms with Gasteiger partial charge in [0.2, 0.25) is 11.9 Å². The first-order valence-electron chi connectivity index (χ1n) is 9.40. The van der Waals surface area contributed by atoms with E-state index in [1.54, 1.807) is 32.0 Å². The van der Waals surface area contributed by atoms with Crippen LogP contribution < -0.4 is 10.6 Å². The van der Waals surface area contributed by atoms with Gasteiger partial charge in [-0.05, 0) is 49.7 Å². The molecule has 0 saturated carbocycles. The van der Waals surface area contributed by atoms with Crippen molar-refractivity contribution < 1.29 is 13.2 Å². The Morgan fingerprint density at radius 3 is 2.32 bits per heavy atom. The highest BCUT2D eigenvalue weighted by Gasteiger charge is 2.14. The number of halogens is 3. The van der Waals surface area contributed by atoms with Crippen LogP contribution in [0.3, 0.4) is 0 Å². The van der Waals surface area contributed by atoms with E-state index in [-0.39, 0.29) is 23.3 Å². The number of anilines is 3. The molecule has 0 aliphatic carbocycles. The maximum absolute atomic E-state index is 14.0. The standard InChI is InChI=1S/C21H18F3N7/c1-11(16-8-7-15(23)9-17(16)24)25-20-26-12(2)27-21(29-20)28-19-10-18(30-31-19)13-3-5-14(22)6-4-13/h3-11H,1-2H3,(H3,25,26,27,28,29,30,31). The van der Waals surface area contributed by atoms with Crippen molar-refractivity contribution in [2.24, 2.45) is 0 Å². The Hall–Kier alpha value is -3.95. The van der Waals surface area contributed by atoms with Gasteiger partial charge in [0, 0.05) is 17.7 Å². The number of benzene rings is 2. The molecule has 0 saturated heterocycles. The molecule has 1 atom stereocenters. The minimum atomic E-state index is -0.658. The van der Waals surface area contributed by atoms with Crippen molar-refractivity contribution in [3.05, 3.63) is 77.4 Å². The Bertz CT molecular complexity index is 1210. The first-order chi connectivity index (χ1) is 14.9. The summed E-state index contributed by atoms with van der Waals surface area (Å²) in [7, 11) is 0. The summed E-state index contributed by atoms with van der Waals surface area (Å²) in [6.07, 6.45) is 0. The molecule has 0 bridgehead atoms. The molecule has 0 fully saturated rings. The Morgan fingerprint density at radius 2 is 1.58 bits per heavy atom. The summed E-state index contributed by atoms with van der Waals surface area (Å²) in [5.74, 6) is -0.282. The number of aryl methyl sites for hydroxylation is 1. The van der Waals surface area contributed by atoms with Crippen LogP contribution >= 0.6 is 0 Å². The zero-order chi connectivity index (χ0) is 22.0. The van der Waals surface area contributed by atoms with Gasteiger partial charge in [-0.2, -0.15) is 20.1 Å². The van der Waals surface area contributed by atoms with E-state index < -0.39 is 17.7 Å². The zero-order valence-electron chi connectivity index (χ0n) is 16.6. The summed E-state index contributed by atoms with van der Waals surface area (Å²) < 4.78 is 40.3. The van der Waals surface area contributed by atoms with Crippen LogP contribution in [0.2, 0.25) is 0 Å². The summed E-state index contributed by atoms with van der Waals surface area (Å²) in [5, 5.41) is 13.0. The third-order valence-corrected chi connectivity index (χ3v) is 4.49. The molecule has 4 rings (SSSR count). The van der Waals surface area contributed by atoms with E-state index in [1.807, 2.05) is 0 Å². The van der Waals surface area contributed by atoms with Crippen molar-refractivity contribution in [3.8, 4) is 11.3 Å². The van der Waals surface area contributed by atoms with Gasteiger partial charge in [0.1, 0.15) is 23.3 Å². The molecule has 0 radical (unpaired) electrons. The second-order valence-corrected chi connectivity index (χ2v) is 6.86. The lowest BCUT2D eigenvalue weighted by atomic mass is 10.1. The third kappa shape index (κ3) is 4.80. The van der Waals surface area contributed by atoms with Crippen LogP contribution in [-0.4, -0.2) is 25.1 Å². The molecule has 2 aromatic heterocycles. The first kappa shape index (κ1) is 20.3. The monoisotopic (exact) mass is 425 g/mol. The van der Waals surface area contributed by atoms with Gasteiger partial charge in [0.25, 0.3) is 0 Å². The van der Waals surface area contributed by atoms with Crippen LogP contribution in [0, 0.1) is 24.4 Å². The smallest absolute Gasteiger partial charge is 0.233 e. The van der Waals surface area contributed by atoms with Gasteiger partial charge in [0.05, 0.1) is 11.7 Å². The number of H-pyrrole nitrogens is 1. The molecule has 10 heteroatoms. The third-order valence-electron chi connectivity index (χ3n) is 4.49. The quantitative estimate of drug-likeness (QED) is 0.407. The maximum atomic E-state index is 14.0. The SMILES string of the molecule is Cc1nc(Nc2cc(-c3ccc(F)cc3)[nH]n2)nc(NC(C)c2ccc(F)cc2F)n1. The van der Waals surface area contributed by atoms with Crippen LogP contribution in [-0.2, 0) is 0 Å². The molecular weight excluding hydrogens is 407 g/mol. The fraction of sp³-hybridized carbons (Fsp3) is 0.143. The molecule has 3 N–H and O–H groups in total. The molecule has 158 valence electrons. The highest BCUT2D eigenvalue weighted by molar-refractivity contribution is 5.64. The zero-order valence-corrected chi connectivity index (χ0v) is 16.6. The average Bonchev–Trinajstić information content (AvgIpc) is 3.16. The number of aromatic amines is 1. The summed E-state index contributed by atoms with van der Waals surface area (Å²) in [5.41, 5.74) is 1.74. The molecule has 31 heavy (non-hydrogen) atoms. The molecule has 0 aliphatic heterocycles. The Balaban J connectivity index is 1.51. The number of nitrogens with zero attached hydrogens (tertiary/aromatic N) is 4. The van der Waals surface area contributed by atoms with E-state index in [0.717, 1.165) is 11.6 Å². The van der Waals surface area contributed by atoms with Crippen molar-refractivity contribution in [2.75, 3.05) is 10.6 Å². The van der Waals surface area contributed by atoms with Gasteiger partial charge in [-0.3, -0.25) is 5.10 Å². The van der Waals surface area contributed by atoms with Gasteiger partial charge in [-0.1, -0.05) is 6.07 Å². The average molecular weight is 425 g/mol. The molecule has 2 heterocycles. The molecule has 0 amide bonds. The van der Waals surface area contributed by atoms with Crippen molar-refractivity contribution in [2.45, 2.75) is 19.9 Å². The second kappa shape index (κ2) is 8.42.